The fraction of sp³-hybridized carbons (Fsp3) is 0.333. The Labute approximate surface area is 85.0 Å². The van der Waals surface area contributed by atoms with E-state index in [4.69, 9.17) is 11.0 Å². The summed E-state index contributed by atoms with van der Waals surface area (Å²) in [5.41, 5.74) is 4.49. The van der Waals surface area contributed by atoms with Crippen molar-refractivity contribution < 1.29 is 13.9 Å². The molecule has 4 nitrogen and oxygen atoms in total. The Bertz CT molecular complexity index is 413. The first kappa shape index (κ1) is 11.3. The summed E-state index contributed by atoms with van der Waals surface area (Å²) in [6.07, 6.45) is -2.93. The number of hydrogen-bond donors (Lipinski definition) is 2. The number of nitrogen functional groups attached to an aromatic ring is 1. The van der Waals surface area contributed by atoms with E-state index in [9.17, 15) is 13.9 Å². The minimum absolute atomic E-state index is 0.00259. The van der Waals surface area contributed by atoms with Crippen LogP contribution < -0.4 is 5.73 Å². The van der Waals surface area contributed by atoms with Gasteiger partial charge in [-0.15, -0.1) is 0 Å². The molecule has 0 radical (unpaired) electrons. The zero-order chi connectivity index (χ0) is 11.6. The van der Waals surface area contributed by atoms with Crippen LogP contribution in [0.1, 0.15) is 36.3 Å². The van der Waals surface area contributed by atoms with Crippen molar-refractivity contribution in [3.8, 4) is 6.07 Å². The van der Waals surface area contributed by atoms with E-state index in [1.807, 2.05) is 0 Å². The maximum atomic E-state index is 12.5. The summed E-state index contributed by atoms with van der Waals surface area (Å²) in [6.45, 7) is 1.35. The van der Waals surface area contributed by atoms with Gasteiger partial charge in [0.2, 0.25) is 0 Å². The normalized spacial score (nSPS) is 12.5. The number of alkyl halides is 2. The quantitative estimate of drug-likeness (QED) is 0.780. The minimum atomic E-state index is -2.86. The van der Waals surface area contributed by atoms with Crippen molar-refractivity contribution in [1.82, 2.24) is 4.98 Å². The summed E-state index contributed by atoms with van der Waals surface area (Å²) in [5.74, 6) is 0. The van der Waals surface area contributed by atoms with E-state index in [2.05, 4.69) is 4.98 Å². The Morgan fingerprint density at radius 1 is 1.60 bits per heavy atom. The van der Waals surface area contributed by atoms with Crippen molar-refractivity contribution in [2.75, 3.05) is 5.73 Å². The third kappa shape index (κ3) is 2.02. The van der Waals surface area contributed by atoms with Gasteiger partial charge < -0.3 is 10.8 Å². The van der Waals surface area contributed by atoms with E-state index >= 15 is 0 Å². The summed E-state index contributed by atoms with van der Waals surface area (Å²) in [6, 6.07) is 1.59. The summed E-state index contributed by atoms with van der Waals surface area (Å²) >= 11 is 0. The Balaban J connectivity index is 3.49. The van der Waals surface area contributed by atoms with Crippen LogP contribution in [-0.2, 0) is 0 Å². The molecule has 1 atom stereocenters. The molecule has 1 unspecified atom stereocenters. The second-order valence-electron chi connectivity index (χ2n) is 2.98. The molecule has 0 aliphatic rings. The van der Waals surface area contributed by atoms with Crippen LogP contribution in [0, 0.1) is 11.3 Å². The molecule has 1 aromatic heterocycles. The molecule has 0 saturated heterocycles. The molecule has 1 aromatic rings. The van der Waals surface area contributed by atoms with Crippen molar-refractivity contribution in [3.63, 3.8) is 0 Å². The summed E-state index contributed by atoms with van der Waals surface area (Å²) < 4.78 is 24.9. The van der Waals surface area contributed by atoms with Gasteiger partial charge in [-0.1, -0.05) is 0 Å². The number of nitriles is 1. The van der Waals surface area contributed by atoms with Gasteiger partial charge in [0.1, 0.15) is 11.8 Å². The average molecular weight is 213 g/mol. The first-order chi connectivity index (χ1) is 6.99. The monoisotopic (exact) mass is 213 g/mol. The highest BCUT2D eigenvalue weighted by atomic mass is 19.3. The molecule has 0 saturated carbocycles. The van der Waals surface area contributed by atoms with Crippen LogP contribution in [0.25, 0.3) is 0 Å². The molecule has 0 aliphatic carbocycles. The number of halogens is 2. The topological polar surface area (TPSA) is 82.9 Å². The molecule has 0 amide bonds. The SMILES string of the molecule is CC(O)c1c(N)cnc(C(F)F)c1C#N. The fourth-order valence-electron chi connectivity index (χ4n) is 1.29. The summed E-state index contributed by atoms with van der Waals surface area (Å²) in [7, 11) is 0. The first-order valence-electron chi connectivity index (χ1n) is 4.13. The lowest BCUT2D eigenvalue weighted by Gasteiger charge is -2.12. The second kappa shape index (κ2) is 4.19. The van der Waals surface area contributed by atoms with E-state index < -0.39 is 18.2 Å². The first-order valence-corrected chi connectivity index (χ1v) is 4.13. The molecular formula is C9H9F2N3O. The predicted octanol–water partition coefficient (Wildman–Crippen LogP) is 1.53. The molecule has 80 valence electrons. The molecule has 6 heteroatoms. The number of hydrogen-bond acceptors (Lipinski definition) is 4. The highest BCUT2D eigenvalue weighted by Gasteiger charge is 2.22. The maximum absolute atomic E-state index is 12.5. The Morgan fingerprint density at radius 3 is 2.60 bits per heavy atom. The van der Waals surface area contributed by atoms with Gasteiger partial charge in [0.15, 0.2) is 0 Å². The van der Waals surface area contributed by atoms with Gasteiger partial charge in [0.05, 0.1) is 23.6 Å². The molecule has 1 heterocycles. The lowest BCUT2D eigenvalue weighted by Crippen LogP contribution is -2.07. The lowest BCUT2D eigenvalue weighted by atomic mass is 10.0. The highest BCUT2D eigenvalue weighted by Crippen LogP contribution is 2.29. The summed E-state index contributed by atoms with van der Waals surface area (Å²) in [5, 5.41) is 18.1. The lowest BCUT2D eigenvalue weighted by molar-refractivity contribution is 0.144. The molecular weight excluding hydrogens is 204 g/mol. The van der Waals surface area contributed by atoms with Crippen LogP contribution in [0.2, 0.25) is 0 Å². The van der Waals surface area contributed by atoms with Crippen molar-refractivity contribution in [3.05, 3.63) is 23.0 Å². The van der Waals surface area contributed by atoms with E-state index in [0.29, 0.717) is 0 Å². The third-order valence-corrected chi connectivity index (χ3v) is 1.92. The molecule has 15 heavy (non-hydrogen) atoms. The third-order valence-electron chi connectivity index (χ3n) is 1.92. The van der Waals surface area contributed by atoms with Gasteiger partial charge in [0.25, 0.3) is 6.43 Å². The van der Waals surface area contributed by atoms with Crippen molar-refractivity contribution in [1.29, 1.82) is 5.26 Å². The van der Waals surface area contributed by atoms with Gasteiger partial charge >= 0.3 is 0 Å². The minimum Gasteiger partial charge on any atom is -0.397 e. The van der Waals surface area contributed by atoms with Gasteiger partial charge in [0, 0.05) is 5.56 Å². The maximum Gasteiger partial charge on any atom is 0.281 e. The van der Waals surface area contributed by atoms with Crippen LogP contribution in [0.3, 0.4) is 0 Å². The largest absolute Gasteiger partial charge is 0.397 e. The number of aliphatic hydroxyl groups is 1. The number of aromatic nitrogens is 1. The zero-order valence-corrected chi connectivity index (χ0v) is 7.91. The fourth-order valence-corrected chi connectivity index (χ4v) is 1.29. The Kier molecular flexibility index (Phi) is 3.17. The number of nitrogens with two attached hydrogens (primary N) is 1. The van der Waals surface area contributed by atoms with Crippen LogP contribution >= 0.6 is 0 Å². The number of rotatable bonds is 2. The van der Waals surface area contributed by atoms with Crippen LogP contribution in [-0.4, -0.2) is 10.1 Å². The molecule has 0 aliphatic heterocycles. The van der Waals surface area contributed by atoms with Crippen LogP contribution in [0.4, 0.5) is 14.5 Å². The van der Waals surface area contributed by atoms with Crippen molar-refractivity contribution in [2.45, 2.75) is 19.5 Å². The standard InChI is InChI=1S/C9H9F2N3O/c1-4(15)7-5(2-12)8(9(10)11)14-3-6(7)13/h3-4,9,15H,13H2,1H3. The Hall–Kier alpha value is -1.74. The van der Waals surface area contributed by atoms with Crippen molar-refractivity contribution in [2.24, 2.45) is 0 Å². The molecule has 0 spiro atoms. The number of anilines is 1. The molecule has 3 N–H and O–H groups in total. The van der Waals surface area contributed by atoms with Gasteiger partial charge in [-0.05, 0) is 6.92 Å². The van der Waals surface area contributed by atoms with E-state index in [1.165, 1.54) is 6.92 Å². The highest BCUT2D eigenvalue weighted by molar-refractivity contribution is 5.56. The smallest absolute Gasteiger partial charge is 0.281 e. The molecule has 0 fully saturated rings. The molecule has 1 rings (SSSR count). The average Bonchev–Trinajstić information content (AvgIpc) is 2.15. The van der Waals surface area contributed by atoms with E-state index in [0.717, 1.165) is 6.20 Å². The van der Waals surface area contributed by atoms with E-state index in [-0.39, 0.29) is 16.8 Å². The van der Waals surface area contributed by atoms with Crippen molar-refractivity contribution >= 4 is 5.69 Å². The zero-order valence-electron chi connectivity index (χ0n) is 7.91. The summed E-state index contributed by atoms with van der Waals surface area (Å²) in [4.78, 5) is 3.38. The number of aliphatic hydroxyl groups excluding tert-OH is 1. The van der Waals surface area contributed by atoms with E-state index in [1.54, 1.807) is 6.07 Å². The van der Waals surface area contributed by atoms with Crippen LogP contribution in [0.5, 0.6) is 0 Å². The number of pyridine rings is 1. The van der Waals surface area contributed by atoms with Gasteiger partial charge in [-0.2, -0.15) is 5.26 Å². The number of nitrogens with zero attached hydrogens (tertiary/aromatic N) is 2. The van der Waals surface area contributed by atoms with Crippen LogP contribution in [0.15, 0.2) is 6.20 Å². The predicted molar refractivity (Wildman–Crippen MR) is 49.0 cm³/mol. The Morgan fingerprint density at radius 2 is 2.20 bits per heavy atom. The molecule has 0 bridgehead atoms. The van der Waals surface area contributed by atoms with Gasteiger partial charge in [-0.3, -0.25) is 4.98 Å². The van der Waals surface area contributed by atoms with Gasteiger partial charge in [-0.25, -0.2) is 8.78 Å². The second-order valence-corrected chi connectivity index (χ2v) is 2.98. The molecule has 0 aromatic carbocycles.